The Hall–Kier alpha value is -1.34. The van der Waals surface area contributed by atoms with Crippen LogP contribution in [0, 0.1) is 0 Å². The monoisotopic (exact) mass is 284 g/mol. The van der Waals surface area contributed by atoms with Gasteiger partial charge in [0.25, 0.3) is 0 Å². The summed E-state index contributed by atoms with van der Waals surface area (Å²) in [6.45, 7) is 5.35. The van der Waals surface area contributed by atoms with Crippen LogP contribution < -0.4 is 10.2 Å². The van der Waals surface area contributed by atoms with Crippen molar-refractivity contribution in [1.82, 2.24) is 9.29 Å². The number of aromatic nitrogens is 1. The molecule has 19 heavy (non-hydrogen) atoms. The molecule has 0 saturated carbocycles. The Bertz CT molecular complexity index is 524. The van der Waals surface area contributed by atoms with Gasteiger partial charge in [0.15, 0.2) is 0 Å². The highest BCUT2D eigenvalue weighted by atomic mass is 32.2. The maximum absolute atomic E-state index is 11.5. The minimum Gasteiger partial charge on any atom is -0.384 e. The molecule has 2 heterocycles. The lowest BCUT2D eigenvalue weighted by Gasteiger charge is -2.34. The second-order valence-electron chi connectivity index (χ2n) is 4.61. The average molecular weight is 284 g/mol. The van der Waals surface area contributed by atoms with Gasteiger partial charge >= 0.3 is 0 Å². The summed E-state index contributed by atoms with van der Waals surface area (Å²) in [6, 6.07) is 2.05. The van der Waals surface area contributed by atoms with Gasteiger partial charge in [-0.15, -0.1) is 0 Å². The molecule has 0 radical (unpaired) electrons. The van der Waals surface area contributed by atoms with Crippen LogP contribution in [0.5, 0.6) is 0 Å². The minimum absolute atomic E-state index is 0.532. The maximum Gasteiger partial charge on any atom is 0.211 e. The fourth-order valence-corrected chi connectivity index (χ4v) is 3.01. The number of hydrogen-bond donors (Lipinski definition) is 1. The third-order valence-electron chi connectivity index (χ3n) is 3.18. The summed E-state index contributed by atoms with van der Waals surface area (Å²) in [5.41, 5.74) is 2.03. The van der Waals surface area contributed by atoms with Gasteiger partial charge in [-0.1, -0.05) is 0 Å². The minimum atomic E-state index is -3.07. The molecule has 1 saturated heterocycles. The molecule has 1 aromatic rings. The van der Waals surface area contributed by atoms with Crippen LogP contribution in [0.2, 0.25) is 0 Å². The molecule has 106 valence electrons. The van der Waals surface area contributed by atoms with E-state index >= 15 is 0 Å². The molecule has 2 rings (SSSR count). The average Bonchev–Trinajstić information content (AvgIpc) is 2.39. The molecule has 1 aliphatic rings. The molecule has 0 aliphatic carbocycles. The molecular weight excluding hydrogens is 264 g/mol. The first kappa shape index (κ1) is 14.1. The number of nitrogens with zero attached hydrogens (tertiary/aromatic N) is 3. The van der Waals surface area contributed by atoms with Gasteiger partial charge in [-0.05, 0) is 13.0 Å². The highest BCUT2D eigenvalue weighted by molar-refractivity contribution is 7.88. The highest BCUT2D eigenvalue weighted by Gasteiger charge is 2.23. The molecule has 1 aliphatic heterocycles. The quantitative estimate of drug-likeness (QED) is 0.877. The SMILES string of the molecule is CCNc1cncc(N2CCN(S(C)(=O)=O)CC2)c1. The van der Waals surface area contributed by atoms with Crippen LogP contribution in [-0.2, 0) is 10.0 Å². The zero-order chi connectivity index (χ0) is 13.9. The second-order valence-corrected chi connectivity index (χ2v) is 6.59. The van der Waals surface area contributed by atoms with Crippen molar-refractivity contribution in [3.05, 3.63) is 18.5 Å². The van der Waals surface area contributed by atoms with Gasteiger partial charge in [-0.25, -0.2) is 8.42 Å². The Balaban J connectivity index is 2.03. The van der Waals surface area contributed by atoms with Crippen molar-refractivity contribution in [2.24, 2.45) is 0 Å². The van der Waals surface area contributed by atoms with E-state index in [0.29, 0.717) is 26.2 Å². The number of rotatable bonds is 4. The van der Waals surface area contributed by atoms with Crippen molar-refractivity contribution in [2.75, 3.05) is 49.2 Å². The van der Waals surface area contributed by atoms with Gasteiger partial charge in [0.05, 0.1) is 30.0 Å². The molecule has 1 fully saturated rings. The van der Waals surface area contributed by atoms with E-state index in [4.69, 9.17) is 0 Å². The van der Waals surface area contributed by atoms with Gasteiger partial charge in [-0.3, -0.25) is 4.98 Å². The summed E-state index contributed by atoms with van der Waals surface area (Å²) in [7, 11) is -3.07. The molecule has 7 heteroatoms. The predicted molar refractivity (Wildman–Crippen MR) is 77.0 cm³/mol. The Morgan fingerprint density at radius 3 is 2.53 bits per heavy atom. The maximum atomic E-state index is 11.5. The largest absolute Gasteiger partial charge is 0.384 e. The number of nitrogens with one attached hydrogen (secondary N) is 1. The van der Waals surface area contributed by atoms with Gasteiger partial charge < -0.3 is 10.2 Å². The van der Waals surface area contributed by atoms with E-state index in [1.54, 1.807) is 6.20 Å². The third-order valence-corrected chi connectivity index (χ3v) is 4.48. The molecule has 0 spiro atoms. The molecular formula is C12H20N4O2S. The Kier molecular flexibility index (Phi) is 4.26. The standard InChI is InChI=1S/C12H20N4O2S/c1-3-14-11-8-12(10-13-9-11)15-4-6-16(7-5-15)19(2,17)18/h8-10,14H,3-7H2,1-2H3. The van der Waals surface area contributed by atoms with Gasteiger partial charge in [-0.2, -0.15) is 4.31 Å². The van der Waals surface area contributed by atoms with E-state index in [1.807, 2.05) is 19.2 Å². The molecule has 0 atom stereocenters. The molecule has 0 amide bonds. The van der Waals surface area contributed by atoms with Gasteiger partial charge in [0, 0.05) is 32.7 Å². The fourth-order valence-electron chi connectivity index (χ4n) is 2.18. The third kappa shape index (κ3) is 3.57. The Morgan fingerprint density at radius 1 is 1.26 bits per heavy atom. The van der Waals surface area contributed by atoms with Gasteiger partial charge in [0.1, 0.15) is 0 Å². The summed E-state index contributed by atoms with van der Waals surface area (Å²) >= 11 is 0. The number of anilines is 2. The molecule has 0 unspecified atom stereocenters. The van der Waals surface area contributed by atoms with Crippen LogP contribution in [-0.4, -0.2) is 56.7 Å². The Labute approximate surface area is 114 Å². The van der Waals surface area contributed by atoms with Crippen molar-refractivity contribution < 1.29 is 8.42 Å². The van der Waals surface area contributed by atoms with Crippen molar-refractivity contribution in [3.8, 4) is 0 Å². The summed E-state index contributed by atoms with van der Waals surface area (Å²) in [5, 5.41) is 3.22. The summed E-state index contributed by atoms with van der Waals surface area (Å²) in [6.07, 6.45) is 4.87. The van der Waals surface area contributed by atoms with Crippen LogP contribution in [0.3, 0.4) is 0 Å². The predicted octanol–water partition coefficient (Wildman–Crippen LogP) is 0.595. The molecule has 1 N–H and O–H groups in total. The van der Waals surface area contributed by atoms with E-state index in [2.05, 4.69) is 15.2 Å². The van der Waals surface area contributed by atoms with Crippen LogP contribution in [0.15, 0.2) is 18.5 Å². The molecule has 6 nitrogen and oxygen atoms in total. The topological polar surface area (TPSA) is 65.5 Å². The number of pyridine rings is 1. The van der Waals surface area contributed by atoms with Gasteiger partial charge in [0.2, 0.25) is 10.0 Å². The van der Waals surface area contributed by atoms with E-state index in [0.717, 1.165) is 17.9 Å². The first-order chi connectivity index (χ1) is 9.00. The van der Waals surface area contributed by atoms with Crippen LogP contribution >= 0.6 is 0 Å². The molecule has 0 aromatic carbocycles. The van der Waals surface area contributed by atoms with Crippen LogP contribution in [0.1, 0.15) is 6.92 Å². The van der Waals surface area contributed by atoms with E-state index in [1.165, 1.54) is 10.6 Å². The first-order valence-corrected chi connectivity index (χ1v) is 8.24. The van der Waals surface area contributed by atoms with E-state index < -0.39 is 10.0 Å². The number of sulfonamides is 1. The zero-order valence-corrected chi connectivity index (χ0v) is 12.2. The molecule has 0 bridgehead atoms. The first-order valence-electron chi connectivity index (χ1n) is 6.39. The van der Waals surface area contributed by atoms with Crippen molar-refractivity contribution in [3.63, 3.8) is 0 Å². The fraction of sp³-hybridized carbons (Fsp3) is 0.583. The van der Waals surface area contributed by atoms with E-state index in [9.17, 15) is 8.42 Å². The highest BCUT2D eigenvalue weighted by Crippen LogP contribution is 2.19. The van der Waals surface area contributed by atoms with E-state index in [-0.39, 0.29) is 0 Å². The zero-order valence-electron chi connectivity index (χ0n) is 11.3. The normalized spacial score (nSPS) is 17.5. The smallest absolute Gasteiger partial charge is 0.211 e. The lowest BCUT2D eigenvalue weighted by molar-refractivity contribution is 0.388. The van der Waals surface area contributed by atoms with Crippen molar-refractivity contribution >= 4 is 21.4 Å². The molecule has 1 aromatic heterocycles. The lowest BCUT2D eigenvalue weighted by atomic mass is 10.3. The van der Waals surface area contributed by atoms with Crippen LogP contribution in [0.4, 0.5) is 11.4 Å². The summed E-state index contributed by atoms with van der Waals surface area (Å²) in [5.74, 6) is 0. The van der Waals surface area contributed by atoms with Crippen molar-refractivity contribution in [1.29, 1.82) is 0 Å². The van der Waals surface area contributed by atoms with Crippen molar-refractivity contribution in [2.45, 2.75) is 6.92 Å². The second kappa shape index (κ2) is 5.75. The Morgan fingerprint density at radius 2 is 1.95 bits per heavy atom. The van der Waals surface area contributed by atoms with Crippen LogP contribution in [0.25, 0.3) is 0 Å². The summed E-state index contributed by atoms with van der Waals surface area (Å²) in [4.78, 5) is 6.37. The summed E-state index contributed by atoms with van der Waals surface area (Å²) < 4.78 is 24.4. The number of piperazine rings is 1. The lowest BCUT2D eigenvalue weighted by Crippen LogP contribution is -2.48. The number of hydrogen-bond acceptors (Lipinski definition) is 5.